The van der Waals surface area contributed by atoms with Gasteiger partial charge in [-0.15, -0.1) is 0 Å². The van der Waals surface area contributed by atoms with Gasteiger partial charge in [-0.25, -0.2) is 0 Å². The van der Waals surface area contributed by atoms with Gasteiger partial charge in [-0.2, -0.15) is 0 Å². The number of allylic oxidation sites excluding steroid dienone is 5. The summed E-state index contributed by atoms with van der Waals surface area (Å²) in [5.74, 6) is 0. The summed E-state index contributed by atoms with van der Waals surface area (Å²) in [6.45, 7) is 6.87. The molecule has 1 atom stereocenters. The number of fused-ring (bicyclic) bond motifs is 2. The van der Waals surface area contributed by atoms with Gasteiger partial charge in [0.2, 0.25) is 0 Å². The van der Waals surface area contributed by atoms with Crippen LogP contribution in [0.5, 0.6) is 0 Å². The molecule has 130 valence electrons. The van der Waals surface area contributed by atoms with E-state index in [-0.39, 0.29) is 24.8 Å². The van der Waals surface area contributed by atoms with Crippen molar-refractivity contribution in [3.05, 3.63) is 53.6 Å². The van der Waals surface area contributed by atoms with E-state index in [9.17, 15) is 0 Å². The van der Waals surface area contributed by atoms with Crippen LogP contribution in [0.1, 0.15) is 32.8 Å². The summed E-state index contributed by atoms with van der Waals surface area (Å²) in [4.78, 5) is 2.40. The molecule has 0 aromatic heterocycles. The van der Waals surface area contributed by atoms with Crippen LogP contribution in [0.3, 0.4) is 0 Å². The molecule has 0 N–H and O–H groups in total. The van der Waals surface area contributed by atoms with E-state index < -0.39 is 23.2 Å². The molecule has 1 aromatic rings. The Bertz CT molecular complexity index is 943. The van der Waals surface area contributed by atoms with Crippen molar-refractivity contribution < 1.29 is 48.0 Å². The molecule has 0 bridgehead atoms. The topological polar surface area (TPSA) is 3.24 Å². The Balaban J connectivity index is 0.00000113. The van der Waals surface area contributed by atoms with Gasteiger partial charge in [-0.3, -0.25) is 0 Å². The molecular formula is C20H20BrCl2NZr. The van der Waals surface area contributed by atoms with Crippen molar-refractivity contribution in [2.24, 2.45) is 0 Å². The molecule has 1 heterocycles. The van der Waals surface area contributed by atoms with Crippen LogP contribution in [0, 0.1) is 0 Å². The molecule has 2 aliphatic carbocycles. The molecule has 5 heteroatoms. The van der Waals surface area contributed by atoms with Crippen LogP contribution in [0.25, 0.3) is 14.9 Å². The Labute approximate surface area is 182 Å². The second-order valence-corrected chi connectivity index (χ2v) is 10.9. The van der Waals surface area contributed by atoms with Crippen LogP contribution >= 0.6 is 15.9 Å². The molecule has 0 spiro atoms. The molecule has 3 aliphatic rings. The second-order valence-electron chi connectivity index (χ2n) is 6.67. The molecule has 0 fully saturated rings. The molecule has 1 nitrogen and oxygen atoms in total. The third-order valence-corrected chi connectivity index (χ3v) is 10.0. The van der Waals surface area contributed by atoms with Gasteiger partial charge in [-0.05, 0) is 0 Å². The molecule has 0 radical (unpaired) electrons. The maximum atomic E-state index is 3.99. The Morgan fingerprint density at radius 2 is 1.96 bits per heavy atom. The van der Waals surface area contributed by atoms with E-state index in [1.807, 2.05) is 0 Å². The van der Waals surface area contributed by atoms with Crippen molar-refractivity contribution in [3.8, 4) is 0 Å². The van der Waals surface area contributed by atoms with Crippen molar-refractivity contribution in [2.75, 3.05) is 11.9 Å². The fourth-order valence-electron chi connectivity index (χ4n) is 3.75. The number of rotatable bonds is 2. The minimum atomic E-state index is -0.700. The zero-order valence-electron chi connectivity index (χ0n) is 14.8. The van der Waals surface area contributed by atoms with E-state index in [0.717, 1.165) is 0 Å². The molecule has 0 saturated carbocycles. The van der Waals surface area contributed by atoms with Gasteiger partial charge >= 0.3 is 159 Å². The Hall–Kier alpha value is -0.0769. The van der Waals surface area contributed by atoms with Crippen LogP contribution in [0.2, 0.25) is 0 Å². The van der Waals surface area contributed by atoms with Crippen molar-refractivity contribution in [3.63, 3.8) is 0 Å². The van der Waals surface area contributed by atoms with Crippen molar-refractivity contribution >= 4 is 36.5 Å². The molecule has 1 aromatic carbocycles. The Morgan fingerprint density at radius 1 is 1.24 bits per heavy atom. The summed E-state index contributed by atoms with van der Waals surface area (Å²) in [7, 11) is 2.21. The second kappa shape index (κ2) is 7.89. The Morgan fingerprint density at radius 3 is 2.60 bits per heavy atom. The van der Waals surface area contributed by atoms with E-state index in [1.54, 1.807) is 6.56 Å². The van der Waals surface area contributed by atoms with E-state index in [0.29, 0.717) is 6.04 Å². The van der Waals surface area contributed by atoms with Crippen LogP contribution in [0.4, 0.5) is 5.69 Å². The average Bonchev–Trinajstić information content (AvgIpc) is 3.18. The van der Waals surface area contributed by atoms with Crippen molar-refractivity contribution in [2.45, 2.75) is 33.2 Å². The van der Waals surface area contributed by atoms with Crippen LogP contribution in [0.15, 0.2) is 37.6 Å². The third kappa shape index (κ3) is 3.31. The summed E-state index contributed by atoms with van der Waals surface area (Å²) >= 11 is 3.29. The summed E-state index contributed by atoms with van der Waals surface area (Å²) in [6.07, 6.45) is 10.4. The van der Waals surface area contributed by atoms with Crippen molar-refractivity contribution in [1.29, 1.82) is 0 Å². The number of hydrogen-bond donors (Lipinski definition) is 0. The first-order valence-electron chi connectivity index (χ1n) is 8.11. The smallest absolute Gasteiger partial charge is 1.00 e. The maximum Gasteiger partial charge on any atom is -1.00 e. The zero-order chi connectivity index (χ0) is 16.3. The van der Waals surface area contributed by atoms with Gasteiger partial charge in [0.15, 0.2) is 0 Å². The van der Waals surface area contributed by atoms with Crippen LogP contribution in [-0.4, -0.2) is 13.1 Å². The van der Waals surface area contributed by atoms with Gasteiger partial charge in [0.05, 0.1) is 0 Å². The fourth-order valence-corrected chi connectivity index (χ4v) is 8.54. The van der Waals surface area contributed by atoms with Gasteiger partial charge in [0, 0.05) is 0 Å². The number of anilines is 1. The van der Waals surface area contributed by atoms with Gasteiger partial charge in [0.1, 0.15) is 0 Å². The molecule has 1 aliphatic heterocycles. The minimum Gasteiger partial charge on any atom is -1.00 e. The molecule has 25 heavy (non-hydrogen) atoms. The first kappa shape index (κ1) is 21.2. The fraction of sp³-hybridized carbons (Fsp3) is 0.300. The summed E-state index contributed by atoms with van der Waals surface area (Å²) in [5, 5.41) is 2.83. The first-order valence-corrected chi connectivity index (χ1v) is 11.4. The van der Waals surface area contributed by atoms with Crippen molar-refractivity contribution in [1.82, 2.24) is 0 Å². The zero-order valence-corrected chi connectivity index (χ0v) is 20.3. The molecular weight excluding hydrogens is 496 g/mol. The first-order chi connectivity index (χ1) is 11.0. The third-order valence-electron chi connectivity index (χ3n) is 5.33. The monoisotopic (exact) mass is 513 g/mol. The van der Waals surface area contributed by atoms with E-state index in [2.05, 4.69) is 79.0 Å². The SMILES string of the molecule is CC1=[C]([Zr+2][C]2=CC=CC2)c2c(Br)c3c(cc2=C1)N(C)C(C)C=3C.[Cl-].[Cl-]. The molecule has 0 amide bonds. The number of benzene rings is 1. The van der Waals surface area contributed by atoms with Crippen LogP contribution in [-0.2, 0) is 23.2 Å². The quantitative estimate of drug-likeness (QED) is 0.437. The average molecular weight is 516 g/mol. The van der Waals surface area contributed by atoms with Crippen LogP contribution < -0.4 is 40.2 Å². The standard InChI is InChI=1S/C15H15BrN.C5H5.2ClH.Zr/c1-8-5-11-7-13-14(15(16)12(11)6-8)9(2)10(3)17(13)4;1-2-4-5-3-1;;;/h5,7,10H,1-4H3;1-3H,4H2;2*1H;/q;;;;+2/p-2. The summed E-state index contributed by atoms with van der Waals surface area (Å²) in [5.41, 5.74) is 5.82. The van der Waals surface area contributed by atoms with Gasteiger partial charge in [0.25, 0.3) is 0 Å². The Kier molecular flexibility index (Phi) is 6.70. The van der Waals surface area contributed by atoms with E-state index >= 15 is 0 Å². The maximum absolute atomic E-state index is 3.99. The van der Waals surface area contributed by atoms with Gasteiger partial charge in [-0.1, -0.05) is 0 Å². The normalized spacial score (nSPS) is 19.7. The number of hydrogen-bond acceptors (Lipinski definition) is 1. The molecule has 4 rings (SSSR count). The predicted octanol–water partition coefficient (Wildman–Crippen LogP) is -2.08. The predicted molar refractivity (Wildman–Crippen MR) is 99.2 cm³/mol. The minimum absolute atomic E-state index is 0. The summed E-state index contributed by atoms with van der Waals surface area (Å²) in [6, 6.07) is 2.89. The van der Waals surface area contributed by atoms with E-state index in [4.69, 9.17) is 0 Å². The number of halogens is 3. The van der Waals surface area contributed by atoms with E-state index in [1.165, 1.54) is 43.7 Å². The largest absolute Gasteiger partial charge is 1.00 e. The number of nitrogens with zero attached hydrogens (tertiary/aromatic N) is 1. The molecule has 1 unspecified atom stereocenters. The molecule has 0 saturated heterocycles. The summed E-state index contributed by atoms with van der Waals surface area (Å²) < 4.78 is 4.67. The van der Waals surface area contributed by atoms with Gasteiger partial charge < -0.3 is 24.8 Å².